The van der Waals surface area contributed by atoms with Gasteiger partial charge in [0.25, 0.3) is 0 Å². The van der Waals surface area contributed by atoms with Gasteiger partial charge in [0.15, 0.2) is 0 Å². The van der Waals surface area contributed by atoms with Gasteiger partial charge in [0.2, 0.25) is 5.91 Å². The van der Waals surface area contributed by atoms with Crippen LogP contribution >= 0.6 is 0 Å². The number of nitrogens with zero attached hydrogens (tertiary/aromatic N) is 1. The van der Waals surface area contributed by atoms with Gasteiger partial charge < -0.3 is 10.0 Å². The van der Waals surface area contributed by atoms with Crippen molar-refractivity contribution in [3.05, 3.63) is 0 Å². The molecule has 0 bridgehead atoms. The second-order valence-corrected chi connectivity index (χ2v) is 6.92. The molecule has 1 amide bonds. The van der Waals surface area contributed by atoms with Crippen LogP contribution in [0.25, 0.3) is 0 Å². The van der Waals surface area contributed by atoms with Crippen LogP contribution in [0.15, 0.2) is 0 Å². The fourth-order valence-corrected chi connectivity index (χ4v) is 4.38. The van der Waals surface area contributed by atoms with Crippen molar-refractivity contribution in [3.63, 3.8) is 0 Å². The van der Waals surface area contributed by atoms with Crippen molar-refractivity contribution in [3.8, 4) is 0 Å². The Labute approximate surface area is 116 Å². The zero-order valence-corrected chi connectivity index (χ0v) is 11.9. The molecule has 3 nitrogen and oxygen atoms in total. The fourth-order valence-electron chi connectivity index (χ4n) is 4.38. The molecule has 0 spiro atoms. The molecule has 2 saturated carbocycles. The Morgan fingerprint density at radius 1 is 1.00 bits per heavy atom. The quantitative estimate of drug-likeness (QED) is 0.792. The summed E-state index contributed by atoms with van der Waals surface area (Å²) in [5, 5.41) is 10.7. The van der Waals surface area contributed by atoms with Gasteiger partial charge in [-0.25, -0.2) is 0 Å². The summed E-state index contributed by atoms with van der Waals surface area (Å²) in [5.41, 5.74) is -0.457. The molecule has 3 heteroatoms. The van der Waals surface area contributed by atoms with Crippen LogP contribution in [-0.2, 0) is 4.79 Å². The molecule has 2 atom stereocenters. The molecule has 0 radical (unpaired) electrons. The number of fused-ring (bicyclic) bond motifs is 1. The molecular weight excluding hydrogens is 238 g/mol. The number of carbonyl (C=O) groups excluding carboxylic acids is 1. The van der Waals surface area contributed by atoms with Crippen molar-refractivity contribution >= 4 is 5.91 Å². The molecule has 1 saturated heterocycles. The van der Waals surface area contributed by atoms with Crippen LogP contribution < -0.4 is 0 Å². The third-order valence-corrected chi connectivity index (χ3v) is 5.69. The van der Waals surface area contributed by atoms with E-state index in [0.717, 1.165) is 51.6 Å². The van der Waals surface area contributed by atoms with Gasteiger partial charge in [-0.3, -0.25) is 4.79 Å². The van der Waals surface area contributed by atoms with Crippen molar-refractivity contribution in [1.29, 1.82) is 0 Å². The molecule has 3 aliphatic rings. The third kappa shape index (κ3) is 2.67. The number of rotatable bonds is 1. The number of piperidine rings is 1. The largest absolute Gasteiger partial charge is 0.389 e. The average Bonchev–Trinajstić information content (AvgIpc) is 2.46. The molecule has 19 heavy (non-hydrogen) atoms. The summed E-state index contributed by atoms with van der Waals surface area (Å²) in [7, 11) is 0. The summed E-state index contributed by atoms with van der Waals surface area (Å²) in [6.07, 6.45) is 11.1. The van der Waals surface area contributed by atoms with E-state index in [1.54, 1.807) is 0 Å². The minimum Gasteiger partial charge on any atom is -0.389 e. The Morgan fingerprint density at radius 3 is 2.53 bits per heavy atom. The first-order chi connectivity index (χ1) is 9.19. The molecule has 3 fully saturated rings. The number of hydrogen-bond donors (Lipinski definition) is 1. The molecule has 3 rings (SSSR count). The Bertz CT molecular complexity index is 338. The van der Waals surface area contributed by atoms with Crippen molar-refractivity contribution in [2.75, 3.05) is 13.1 Å². The van der Waals surface area contributed by atoms with Crippen LogP contribution in [-0.4, -0.2) is 34.6 Å². The van der Waals surface area contributed by atoms with Gasteiger partial charge in [-0.05, 0) is 32.1 Å². The first-order valence-electron chi connectivity index (χ1n) is 8.20. The number of carbonyl (C=O) groups is 1. The predicted molar refractivity (Wildman–Crippen MR) is 74.7 cm³/mol. The van der Waals surface area contributed by atoms with E-state index in [-0.39, 0.29) is 5.92 Å². The lowest BCUT2D eigenvalue weighted by atomic mass is 9.71. The highest BCUT2D eigenvalue weighted by atomic mass is 16.3. The summed E-state index contributed by atoms with van der Waals surface area (Å²) in [6, 6.07) is 0. The summed E-state index contributed by atoms with van der Waals surface area (Å²) >= 11 is 0. The molecule has 2 aliphatic carbocycles. The zero-order valence-electron chi connectivity index (χ0n) is 11.9. The first kappa shape index (κ1) is 13.4. The van der Waals surface area contributed by atoms with Crippen molar-refractivity contribution in [2.45, 2.75) is 69.8 Å². The summed E-state index contributed by atoms with van der Waals surface area (Å²) in [5.74, 6) is 0.999. The molecule has 0 aromatic heterocycles. The molecule has 2 unspecified atom stereocenters. The topological polar surface area (TPSA) is 40.5 Å². The van der Waals surface area contributed by atoms with E-state index in [0.29, 0.717) is 11.8 Å². The van der Waals surface area contributed by atoms with Crippen molar-refractivity contribution < 1.29 is 9.90 Å². The number of likely N-dealkylation sites (tertiary alicyclic amines) is 1. The standard InChI is InChI=1S/C16H27NO2/c18-15(13-6-2-1-3-7-13)17-11-10-16(19)9-5-4-8-14(16)12-17/h13-14,19H,1-12H2. The Kier molecular flexibility index (Phi) is 3.84. The summed E-state index contributed by atoms with van der Waals surface area (Å²) in [6.45, 7) is 1.59. The van der Waals surface area contributed by atoms with Crippen LogP contribution in [0.1, 0.15) is 64.2 Å². The minimum atomic E-state index is -0.457. The van der Waals surface area contributed by atoms with E-state index in [1.165, 1.54) is 25.7 Å². The van der Waals surface area contributed by atoms with Gasteiger partial charge in [0, 0.05) is 24.9 Å². The smallest absolute Gasteiger partial charge is 0.225 e. The van der Waals surface area contributed by atoms with Crippen molar-refractivity contribution in [2.24, 2.45) is 11.8 Å². The maximum Gasteiger partial charge on any atom is 0.225 e. The van der Waals surface area contributed by atoms with Gasteiger partial charge in [-0.2, -0.15) is 0 Å². The Morgan fingerprint density at radius 2 is 1.74 bits per heavy atom. The van der Waals surface area contributed by atoms with Crippen molar-refractivity contribution in [1.82, 2.24) is 4.90 Å². The average molecular weight is 265 g/mol. The molecule has 0 aromatic rings. The van der Waals surface area contributed by atoms with Gasteiger partial charge in [0.05, 0.1) is 5.60 Å². The van der Waals surface area contributed by atoms with Gasteiger partial charge in [0.1, 0.15) is 0 Å². The second kappa shape index (κ2) is 5.43. The zero-order chi connectivity index (χ0) is 13.3. The maximum atomic E-state index is 12.6. The Hall–Kier alpha value is -0.570. The highest BCUT2D eigenvalue weighted by molar-refractivity contribution is 5.79. The van der Waals surface area contributed by atoms with Gasteiger partial charge >= 0.3 is 0 Å². The van der Waals surface area contributed by atoms with Crippen LogP contribution in [0.5, 0.6) is 0 Å². The van der Waals surface area contributed by atoms with Crippen LogP contribution in [0, 0.1) is 11.8 Å². The normalized spacial score (nSPS) is 36.9. The van der Waals surface area contributed by atoms with E-state index < -0.39 is 5.60 Å². The van der Waals surface area contributed by atoms with Crippen LogP contribution in [0.3, 0.4) is 0 Å². The number of aliphatic hydroxyl groups is 1. The van der Waals surface area contributed by atoms with E-state index in [9.17, 15) is 9.90 Å². The number of hydrogen-bond acceptors (Lipinski definition) is 2. The number of amides is 1. The summed E-state index contributed by atoms with van der Waals surface area (Å²) in [4.78, 5) is 14.6. The lowest BCUT2D eigenvalue weighted by Crippen LogP contribution is -2.55. The lowest BCUT2D eigenvalue weighted by molar-refractivity contribution is -0.148. The Balaban J connectivity index is 1.62. The highest BCUT2D eigenvalue weighted by Gasteiger charge is 2.44. The molecule has 108 valence electrons. The van der Waals surface area contributed by atoms with Crippen LogP contribution in [0.2, 0.25) is 0 Å². The van der Waals surface area contributed by atoms with Gasteiger partial charge in [-0.1, -0.05) is 32.1 Å². The third-order valence-electron chi connectivity index (χ3n) is 5.69. The van der Waals surface area contributed by atoms with E-state index in [4.69, 9.17) is 0 Å². The molecular formula is C16H27NO2. The van der Waals surface area contributed by atoms with E-state index in [1.807, 2.05) is 0 Å². The SMILES string of the molecule is O=C(C1CCCCC1)N1CCC2(O)CCCCC2C1. The van der Waals surface area contributed by atoms with Gasteiger partial charge in [-0.15, -0.1) is 0 Å². The molecule has 1 aliphatic heterocycles. The fraction of sp³-hybridized carbons (Fsp3) is 0.938. The summed E-state index contributed by atoms with van der Waals surface area (Å²) < 4.78 is 0. The molecule has 1 N–H and O–H groups in total. The van der Waals surface area contributed by atoms with E-state index >= 15 is 0 Å². The predicted octanol–water partition coefficient (Wildman–Crippen LogP) is 2.72. The molecule has 1 heterocycles. The lowest BCUT2D eigenvalue weighted by Gasteiger charge is -2.48. The first-order valence-corrected chi connectivity index (χ1v) is 8.20. The highest BCUT2D eigenvalue weighted by Crippen LogP contribution is 2.40. The van der Waals surface area contributed by atoms with Crippen LogP contribution in [0.4, 0.5) is 0 Å². The second-order valence-electron chi connectivity index (χ2n) is 6.92. The minimum absolute atomic E-state index is 0.281. The monoisotopic (exact) mass is 265 g/mol. The molecule has 0 aromatic carbocycles. The van der Waals surface area contributed by atoms with E-state index in [2.05, 4.69) is 4.90 Å². The maximum absolute atomic E-state index is 12.6.